The van der Waals surface area contributed by atoms with Crippen LogP contribution in [0.3, 0.4) is 0 Å². The van der Waals surface area contributed by atoms with Crippen LogP contribution < -0.4 is 0 Å². The summed E-state index contributed by atoms with van der Waals surface area (Å²) in [6, 6.07) is 8.92. The first kappa shape index (κ1) is 8.58. The van der Waals surface area contributed by atoms with Crippen LogP contribution in [0.2, 0.25) is 0 Å². The summed E-state index contributed by atoms with van der Waals surface area (Å²) in [4.78, 5) is 0. The molecule has 5 rings (SSSR count). The molecule has 0 radical (unpaired) electrons. The molecule has 2 aromatic carbocycles. The van der Waals surface area contributed by atoms with Gasteiger partial charge in [-0.1, -0.05) is 36.4 Å². The lowest BCUT2D eigenvalue weighted by Gasteiger charge is -2.27. The number of hydrogen-bond donors (Lipinski definition) is 0. The van der Waals surface area contributed by atoms with Crippen LogP contribution in [0.4, 0.5) is 0 Å². The van der Waals surface area contributed by atoms with Crippen LogP contribution in [-0.4, -0.2) is 0 Å². The van der Waals surface area contributed by atoms with Crippen molar-refractivity contribution in [3.8, 4) is 0 Å². The fraction of sp³-hybridized carbons (Fsp3) is 0.250. The molecule has 0 unspecified atom stereocenters. The predicted octanol–water partition coefficient (Wildman–Crippen LogP) is 3.90. The van der Waals surface area contributed by atoms with Crippen molar-refractivity contribution < 1.29 is 0 Å². The molecule has 78 valence electrons. The number of hydrogen-bond acceptors (Lipinski definition) is 0. The number of benzene rings is 2. The van der Waals surface area contributed by atoms with E-state index in [4.69, 9.17) is 0 Å². The summed E-state index contributed by atoms with van der Waals surface area (Å²) in [6.07, 6.45) is 9.66. The zero-order valence-corrected chi connectivity index (χ0v) is 9.29. The minimum Gasteiger partial charge on any atom is -0.0836 e. The summed E-state index contributed by atoms with van der Waals surface area (Å²) in [6.45, 7) is 0. The lowest BCUT2D eigenvalue weighted by Crippen LogP contribution is -2.13. The van der Waals surface area contributed by atoms with Crippen LogP contribution >= 0.6 is 0 Å². The Kier molecular flexibility index (Phi) is 1.59. The van der Waals surface area contributed by atoms with Crippen LogP contribution in [-0.2, 0) is 19.3 Å². The van der Waals surface area contributed by atoms with Crippen LogP contribution in [0.15, 0.2) is 30.3 Å². The summed E-state index contributed by atoms with van der Waals surface area (Å²) in [7, 11) is 0. The number of allylic oxidation sites excluding steroid dienone is 1. The first-order valence-electron chi connectivity index (χ1n) is 6.17. The highest BCUT2D eigenvalue weighted by molar-refractivity contribution is 5.95. The van der Waals surface area contributed by atoms with Crippen molar-refractivity contribution in [2.24, 2.45) is 0 Å². The van der Waals surface area contributed by atoms with Gasteiger partial charge in [0.15, 0.2) is 0 Å². The summed E-state index contributed by atoms with van der Waals surface area (Å²) in [5, 5.41) is 3.01. The third-order valence-corrected chi connectivity index (χ3v) is 4.06. The molecule has 0 heteroatoms. The highest BCUT2D eigenvalue weighted by Crippen LogP contribution is 2.39. The molecule has 16 heavy (non-hydrogen) atoms. The molecule has 3 aliphatic carbocycles. The molecule has 0 spiro atoms. The first-order chi connectivity index (χ1) is 7.95. The van der Waals surface area contributed by atoms with Gasteiger partial charge in [0.05, 0.1) is 0 Å². The van der Waals surface area contributed by atoms with E-state index < -0.39 is 0 Å². The maximum atomic E-state index is 2.35. The van der Waals surface area contributed by atoms with Gasteiger partial charge in [0.2, 0.25) is 0 Å². The van der Waals surface area contributed by atoms with E-state index in [9.17, 15) is 0 Å². The monoisotopic (exact) mass is 206 g/mol. The molecule has 0 N–H and O–H groups in total. The number of rotatable bonds is 0. The van der Waals surface area contributed by atoms with E-state index in [1.54, 1.807) is 22.3 Å². The van der Waals surface area contributed by atoms with E-state index in [1.807, 2.05) is 0 Å². The average molecular weight is 206 g/mol. The number of fused-ring (bicyclic) bond motifs is 1. The van der Waals surface area contributed by atoms with Crippen LogP contribution in [0.5, 0.6) is 0 Å². The van der Waals surface area contributed by atoms with E-state index in [2.05, 4.69) is 36.4 Å². The number of aryl methyl sites for hydroxylation is 2. The van der Waals surface area contributed by atoms with E-state index in [1.165, 1.54) is 36.5 Å². The predicted molar refractivity (Wildman–Crippen MR) is 68.7 cm³/mol. The van der Waals surface area contributed by atoms with Gasteiger partial charge < -0.3 is 0 Å². The van der Waals surface area contributed by atoms with Crippen molar-refractivity contribution in [3.05, 3.63) is 52.6 Å². The molecule has 2 bridgehead atoms. The van der Waals surface area contributed by atoms with E-state index >= 15 is 0 Å². The van der Waals surface area contributed by atoms with Crippen molar-refractivity contribution in [1.82, 2.24) is 0 Å². The van der Waals surface area contributed by atoms with Crippen LogP contribution in [0.25, 0.3) is 16.8 Å². The van der Waals surface area contributed by atoms with E-state index in [0.717, 1.165) is 0 Å². The van der Waals surface area contributed by atoms with Crippen LogP contribution in [0, 0.1) is 0 Å². The zero-order valence-electron chi connectivity index (χ0n) is 9.29. The fourth-order valence-electron chi connectivity index (χ4n) is 3.38. The van der Waals surface area contributed by atoms with Gasteiger partial charge in [-0.05, 0) is 58.7 Å². The summed E-state index contributed by atoms with van der Waals surface area (Å²) in [5.74, 6) is 0. The molecule has 0 aliphatic heterocycles. The second-order valence-corrected chi connectivity index (χ2v) is 4.84. The molecule has 0 atom stereocenters. The summed E-state index contributed by atoms with van der Waals surface area (Å²) in [5.41, 5.74) is 6.41. The van der Waals surface area contributed by atoms with Gasteiger partial charge in [0.1, 0.15) is 0 Å². The lowest BCUT2D eigenvalue weighted by molar-refractivity contribution is 0.867. The minimum absolute atomic E-state index is 1.22. The molecule has 0 fully saturated rings. The van der Waals surface area contributed by atoms with Gasteiger partial charge in [0.25, 0.3) is 0 Å². The highest BCUT2D eigenvalue weighted by atomic mass is 14.3. The molecule has 0 heterocycles. The third-order valence-electron chi connectivity index (χ3n) is 4.06. The van der Waals surface area contributed by atoms with Crippen LogP contribution in [0.1, 0.15) is 28.7 Å². The zero-order chi connectivity index (χ0) is 10.5. The SMILES string of the molecule is C1=Cc2c(c3c4ccccc4c2CC3)CC1. The summed E-state index contributed by atoms with van der Waals surface area (Å²) < 4.78 is 0. The lowest BCUT2D eigenvalue weighted by atomic mass is 9.77. The molecule has 2 aromatic rings. The van der Waals surface area contributed by atoms with Gasteiger partial charge in [-0.2, -0.15) is 0 Å². The van der Waals surface area contributed by atoms with Gasteiger partial charge in [-0.15, -0.1) is 0 Å². The Labute approximate surface area is 95.6 Å². The van der Waals surface area contributed by atoms with Gasteiger partial charge in [0, 0.05) is 0 Å². The van der Waals surface area contributed by atoms with Gasteiger partial charge >= 0.3 is 0 Å². The van der Waals surface area contributed by atoms with Gasteiger partial charge in [-0.25, -0.2) is 0 Å². The molecular formula is C16H14. The quantitative estimate of drug-likeness (QED) is 0.613. The molecule has 0 saturated carbocycles. The molecule has 3 aliphatic rings. The Morgan fingerprint density at radius 3 is 2.38 bits per heavy atom. The Morgan fingerprint density at radius 1 is 0.750 bits per heavy atom. The van der Waals surface area contributed by atoms with Crippen molar-refractivity contribution in [2.45, 2.75) is 25.7 Å². The first-order valence-corrected chi connectivity index (χ1v) is 6.17. The third kappa shape index (κ3) is 0.948. The van der Waals surface area contributed by atoms with Crippen molar-refractivity contribution in [1.29, 1.82) is 0 Å². The normalized spacial score (nSPS) is 16.8. The topological polar surface area (TPSA) is 0 Å². The Morgan fingerprint density at radius 2 is 1.50 bits per heavy atom. The van der Waals surface area contributed by atoms with Gasteiger partial charge in [-0.3, -0.25) is 0 Å². The Bertz CT molecular complexity index is 617. The fourth-order valence-corrected chi connectivity index (χ4v) is 3.38. The highest BCUT2D eigenvalue weighted by Gasteiger charge is 2.23. The Balaban J connectivity index is 2.24. The largest absolute Gasteiger partial charge is 0.0836 e. The van der Waals surface area contributed by atoms with Crippen molar-refractivity contribution in [3.63, 3.8) is 0 Å². The summed E-state index contributed by atoms with van der Waals surface area (Å²) >= 11 is 0. The molecule has 0 amide bonds. The maximum absolute atomic E-state index is 2.35. The molecule has 0 nitrogen and oxygen atoms in total. The van der Waals surface area contributed by atoms with E-state index in [-0.39, 0.29) is 0 Å². The smallest absolute Gasteiger partial charge is 0.0143 e. The second kappa shape index (κ2) is 2.98. The maximum Gasteiger partial charge on any atom is -0.0143 e. The molecular weight excluding hydrogens is 192 g/mol. The molecule has 0 aromatic heterocycles. The van der Waals surface area contributed by atoms with Crippen molar-refractivity contribution >= 4 is 16.8 Å². The minimum atomic E-state index is 1.22. The average Bonchev–Trinajstić information content (AvgIpc) is 2.40. The second-order valence-electron chi connectivity index (χ2n) is 4.84. The standard InChI is InChI=1S/C16H14/c1-2-6-12-11(5-1)15-9-10-16(12)14-8-4-3-7-13(14)15/h1-3,5-7H,4,8-10H2. The van der Waals surface area contributed by atoms with E-state index in [0.29, 0.717) is 0 Å². The Hall–Kier alpha value is -1.56. The van der Waals surface area contributed by atoms with Crippen molar-refractivity contribution in [2.75, 3.05) is 0 Å². The molecule has 0 saturated heterocycles.